The van der Waals surface area contributed by atoms with E-state index in [9.17, 15) is 4.79 Å². The van der Waals surface area contributed by atoms with Crippen LogP contribution in [0.1, 0.15) is 39.2 Å². The van der Waals surface area contributed by atoms with E-state index in [2.05, 4.69) is 39.3 Å². The van der Waals surface area contributed by atoms with Gasteiger partial charge in [0.2, 0.25) is 0 Å². The van der Waals surface area contributed by atoms with Crippen LogP contribution in [0.15, 0.2) is 34.8 Å². The van der Waals surface area contributed by atoms with E-state index in [1.165, 1.54) is 16.9 Å². The number of nitrogens with zero attached hydrogens (tertiary/aromatic N) is 2. The molecule has 140 valence electrons. The molecule has 4 rings (SSSR count). The Morgan fingerprint density at radius 2 is 2.07 bits per heavy atom. The number of halogens is 1. The van der Waals surface area contributed by atoms with Crippen LogP contribution in [0.25, 0.3) is 11.1 Å². The van der Waals surface area contributed by atoms with Gasteiger partial charge in [0.05, 0.1) is 10.6 Å². The minimum absolute atomic E-state index is 0.0524. The second-order valence-electron chi connectivity index (χ2n) is 7.30. The molecule has 1 aromatic carbocycles. The van der Waals surface area contributed by atoms with Crippen molar-refractivity contribution in [2.24, 2.45) is 13.0 Å². The zero-order valence-electron chi connectivity index (χ0n) is 15.7. The summed E-state index contributed by atoms with van der Waals surface area (Å²) in [6, 6.07) is 10.2. The zero-order valence-corrected chi connectivity index (χ0v) is 18.1. The minimum atomic E-state index is -0.0524. The number of rotatable bonds is 3. The molecule has 0 radical (unpaired) electrons. The van der Waals surface area contributed by atoms with E-state index in [1.54, 1.807) is 16.0 Å². The number of thiophene rings is 1. The number of aromatic nitrogens is 2. The van der Waals surface area contributed by atoms with E-state index < -0.39 is 0 Å². The Balaban J connectivity index is 1.65. The van der Waals surface area contributed by atoms with Gasteiger partial charge in [-0.25, -0.2) is 0 Å². The molecule has 0 saturated heterocycles. The Kier molecular flexibility index (Phi) is 4.95. The highest BCUT2D eigenvalue weighted by atomic mass is 79.9. The molecule has 3 aromatic rings. The summed E-state index contributed by atoms with van der Waals surface area (Å²) < 4.78 is 2.77. The van der Waals surface area contributed by atoms with Crippen molar-refractivity contribution in [1.82, 2.24) is 9.78 Å². The van der Waals surface area contributed by atoms with Crippen LogP contribution >= 0.6 is 27.3 Å². The average Bonchev–Trinajstić information content (AvgIpc) is 3.16. The lowest BCUT2D eigenvalue weighted by molar-refractivity contribution is 0.102. The number of hydrogen-bond acceptors (Lipinski definition) is 3. The lowest BCUT2D eigenvalue weighted by Crippen LogP contribution is -2.14. The highest BCUT2D eigenvalue weighted by molar-refractivity contribution is 9.10. The number of carbonyl (C=O) groups is 1. The molecule has 1 aliphatic rings. The van der Waals surface area contributed by atoms with Gasteiger partial charge in [0, 0.05) is 22.0 Å². The first kappa shape index (κ1) is 18.4. The fourth-order valence-corrected chi connectivity index (χ4v) is 5.12. The first-order valence-corrected chi connectivity index (χ1v) is 10.8. The molecule has 1 aliphatic carbocycles. The summed E-state index contributed by atoms with van der Waals surface area (Å²) in [5.74, 6) is 1.38. The molecule has 4 nitrogen and oxygen atoms in total. The zero-order chi connectivity index (χ0) is 19.1. The quantitative estimate of drug-likeness (QED) is 0.572. The summed E-state index contributed by atoms with van der Waals surface area (Å²) in [6.45, 7) is 4.25. The maximum absolute atomic E-state index is 13.0. The van der Waals surface area contributed by atoms with E-state index in [0.717, 1.165) is 44.8 Å². The molecule has 0 aliphatic heterocycles. The first-order valence-electron chi connectivity index (χ1n) is 9.15. The molecule has 6 heteroatoms. The Hall–Kier alpha value is -1.92. The fourth-order valence-electron chi connectivity index (χ4n) is 3.75. The van der Waals surface area contributed by atoms with E-state index in [1.807, 2.05) is 38.2 Å². The van der Waals surface area contributed by atoms with Gasteiger partial charge in [-0.2, -0.15) is 5.10 Å². The monoisotopic (exact) mass is 443 g/mol. The summed E-state index contributed by atoms with van der Waals surface area (Å²) in [4.78, 5) is 15.1. The van der Waals surface area contributed by atoms with Crippen molar-refractivity contribution in [3.05, 3.63) is 55.8 Å². The third kappa shape index (κ3) is 3.60. The summed E-state index contributed by atoms with van der Waals surface area (Å²) in [7, 11) is 1.87. The SMILES string of the molecule is Cc1nn(C)c(NC(=O)c2cc3c(s2)CCC(C)C3)c1-c1ccc(Br)cc1. The van der Waals surface area contributed by atoms with Crippen LogP contribution in [0.2, 0.25) is 0 Å². The third-order valence-electron chi connectivity index (χ3n) is 5.14. The van der Waals surface area contributed by atoms with Crippen molar-refractivity contribution in [3.8, 4) is 11.1 Å². The van der Waals surface area contributed by atoms with Crippen LogP contribution in [-0.4, -0.2) is 15.7 Å². The maximum Gasteiger partial charge on any atom is 0.266 e. The number of carbonyl (C=O) groups excluding carboxylic acids is 1. The van der Waals surface area contributed by atoms with Gasteiger partial charge in [0.25, 0.3) is 5.91 Å². The van der Waals surface area contributed by atoms with Crippen molar-refractivity contribution in [2.75, 3.05) is 5.32 Å². The van der Waals surface area contributed by atoms with Gasteiger partial charge >= 0.3 is 0 Å². The van der Waals surface area contributed by atoms with Crippen molar-refractivity contribution in [2.45, 2.75) is 33.1 Å². The Labute approximate surface area is 171 Å². The smallest absolute Gasteiger partial charge is 0.266 e. The van der Waals surface area contributed by atoms with Crippen molar-refractivity contribution in [3.63, 3.8) is 0 Å². The average molecular weight is 444 g/mol. The maximum atomic E-state index is 13.0. The van der Waals surface area contributed by atoms with Crippen LogP contribution in [0.4, 0.5) is 5.82 Å². The van der Waals surface area contributed by atoms with Gasteiger partial charge < -0.3 is 5.32 Å². The van der Waals surface area contributed by atoms with E-state index in [4.69, 9.17) is 0 Å². The Morgan fingerprint density at radius 1 is 1.33 bits per heavy atom. The van der Waals surface area contributed by atoms with Crippen LogP contribution in [0.3, 0.4) is 0 Å². The van der Waals surface area contributed by atoms with Gasteiger partial charge in [0.15, 0.2) is 0 Å². The van der Waals surface area contributed by atoms with E-state index in [0.29, 0.717) is 5.92 Å². The van der Waals surface area contributed by atoms with E-state index >= 15 is 0 Å². The number of amides is 1. The fraction of sp³-hybridized carbons (Fsp3) is 0.333. The summed E-state index contributed by atoms with van der Waals surface area (Å²) in [6.07, 6.45) is 3.38. The number of nitrogens with one attached hydrogen (secondary N) is 1. The summed E-state index contributed by atoms with van der Waals surface area (Å²) in [5.41, 5.74) is 4.25. The molecule has 1 amide bonds. The molecular formula is C21H22BrN3OS. The number of benzene rings is 1. The van der Waals surface area contributed by atoms with Gasteiger partial charge in [-0.15, -0.1) is 11.3 Å². The normalized spacial score (nSPS) is 16.2. The molecule has 2 aromatic heterocycles. The van der Waals surface area contributed by atoms with Crippen LogP contribution in [0, 0.1) is 12.8 Å². The van der Waals surface area contributed by atoms with Gasteiger partial charge in [-0.3, -0.25) is 9.48 Å². The largest absolute Gasteiger partial charge is 0.306 e. The molecule has 1 N–H and O–H groups in total. The predicted octanol–water partition coefficient (Wildman–Crippen LogP) is 5.60. The second kappa shape index (κ2) is 7.24. The lowest BCUT2D eigenvalue weighted by Gasteiger charge is -2.16. The van der Waals surface area contributed by atoms with Gasteiger partial charge in [-0.05, 0) is 61.4 Å². The Bertz CT molecular complexity index is 1000. The van der Waals surface area contributed by atoms with E-state index in [-0.39, 0.29) is 5.91 Å². The molecule has 0 bridgehead atoms. The minimum Gasteiger partial charge on any atom is -0.306 e. The third-order valence-corrected chi connectivity index (χ3v) is 6.90. The standard InChI is InChI=1S/C21H22BrN3OS/c1-12-4-9-17-15(10-12)11-18(27-17)21(26)23-20-19(13(2)24-25(20)3)14-5-7-16(22)8-6-14/h5-8,11-12H,4,9-10H2,1-3H3,(H,23,26). The highest BCUT2D eigenvalue weighted by Gasteiger charge is 2.23. The van der Waals surface area contributed by atoms with Crippen LogP contribution in [-0.2, 0) is 19.9 Å². The molecule has 1 atom stereocenters. The van der Waals surface area contributed by atoms with Gasteiger partial charge in [0.1, 0.15) is 5.82 Å². The van der Waals surface area contributed by atoms with Crippen molar-refractivity contribution >= 4 is 39.0 Å². The lowest BCUT2D eigenvalue weighted by atomic mass is 9.90. The van der Waals surface area contributed by atoms with Crippen LogP contribution < -0.4 is 5.32 Å². The number of anilines is 1. The topological polar surface area (TPSA) is 46.9 Å². The molecule has 27 heavy (non-hydrogen) atoms. The van der Waals surface area contributed by atoms with Crippen LogP contribution in [0.5, 0.6) is 0 Å². The molecule has 0 saturated carbocycles. The molecular weight excluding hydrogens is 422 g/mol. The molecule has 2 heterocycles. The predicted molar refractivity (Wildman–Crippen MR) is 115 cm³/mol. The van der Waals surface area contributed by atoms with Gasteiger partial charge in [-0.1, -0.05) is 35.0 Å². The van der Waals surface area contributed by atoms with Crippen molar-refractivity contribution < 1.29 is 4.79 Å². The molecule has 0 spiro atoms. The molecule has 1 unspecified atom stereocenters. The van der Waals surface area contributed by atoms with Crippen molar-refractivity contribution in [1.29, 1.82) is 0 Å². The Morgan fingerprint density at radius 3 is 2.81 bits per heavy atom. The summed E-state index contributed by atoms with van der Waals surface area (Å²) in [5, 5.41) is 7.63. The second-order valence-corrected chi connectivity index (χ2v) is 9.35. The molecule has 0 fully saturated rings. The number of fused-ring (bicyclic) bond motifs is 1. The number of hydrogen-bond donors (Lipinski definition) is 1. The first-order chi connectivity index (χ1) is 12.9. The summed E-state index contributed by atoms with van der Waals surface area (Å²) >= 11 is 5.11. The highest BCUT2D eigenvalue weighted by Crippen LogP contribution is 2.35. The number of aryl methyl sites for hydroxylation is 3.